The van der Waals surface area contributed by atoms with E-state index in [1.165, 1.54) is 13.2 Å². The number of nitrogen functional groups attached to an aromatic ring is 1. The lowest BCUT2D eigenvalue weighted by Gasteiger charge is -2.10. The van der Waals surface area contributed by atoms with Crippen LogP contribution in [0.4, 0.5) is 17.2 Å². The average molecular weight is 257 g/mol. The summed E-state index contributed by atoms with van der Waals surface area (Å²) in [7, 11) is 1.31. The number of carbonyl (C=O) groups is 1. The van der Waals surface area contributed by atoms with E-state index < -0.39 is 5.97 Å². The molecule has 0 fully saturated rings. The van der Waals surface area contributed by atoms with Crippen LogP contribution in [0.5, 0.6) is 0 Å². The molecule has 0 atom stereocenters. The number of hydrogen-bond donors (Lipinski definition) is 2. The summed E-state index contributed by atoms with van der Waals surface area (Å²) < 4.78 is 4.63. The summed E-state index contributed by atoms with van der Waals surface area (Å²) in [5.41, 5.74) is 8.50. The van der Waals surface area contributed by atoms with Crippen molar-refractivity contribution in [1.29, 1.82) is 0 Å². The van der Waals surface area contributed by atoms with E-state index in [0.29, 0.717) is 11.5 Å². The molecule has 0 aliphatic rings. The molecular formula is C14H15N3O2. The van der Waals surface area contributed by atoms with Gasteiger partial charge in [-0.3, -0.25) is 0 Å². The van der Waals surface area contributed by atoms with Gasteiger partial charge in [0.15, 0.2) is 11.5 Å². The first-order valence-electron chi connectivity index (χ1n) is 5.78. The van der Waals surface area contributed by atoms with Crippen molar-refractivity contribution >= 4 is 23.2 Å². The third-order valence-corrected chi connectivity index (χ3v) is 2.60. The first kappa shape index (κ1) is 12.9. The zero-order chi connectivity index (χ0) is 13.8. The van der Waals surface area contributed by atoms with Crippen molar-refractivity contribution in [3.05, 3.63) is 47.7 Å². The van der Waals surface area contributed by atoms with Gasteiger partial charge in [-0.25, -0.2) is 9.78 Å². The number of nitrogens with two attached hydrogens (primary N) is 1. The molecule has 2 rings (SSSR count). The summed E-state index contributed by atoms with van der Waals surface area (Å²) in [4.78, 5) is 15.6. The molecule has 0 radical (unpaired) electrons. The van der Waals surface area contributed by atoms with Gasteiger partial charge >= 0.3 is 5.97 Å². The third kappa shape index (κ3) is 3.01. The van der Waals surface area contributed by atoms with Crippen LogP contribution in [0.15, 0.2) is 36.4 Å². The third-order valence-electron chi connectivity index (χ3n) is 2.60. The zero-order valence-electron chi connectivity index (χ0n) is 10.8. The van der Waals surface area contributed by atoms with E-state index in [9.17, 15) is 4.79 Å². The SMILES string of the molecule is COC(=O)c1ccc(N)c(Nc2cccc(C)c2)n1. The molecular weight excluding hydrogens is 242 g/mol. The molecule has 0 spiro atoms. The predicted molar refractivity (Wildman–Crippen MR) is 74.5 cm³/mol. The van der Waals surface area contributed by atoms with Gasteiger partial charge in [0.2, 0.25) is 0 Å². The van der Waals surface area contributed by atoms with Crippen LogP contribution in [0.2, 0.25) is 0 Å². The number of carbonyl (C=O) groups excluding carboxylic acids is 1. The van der Waals surface area contributed by atoms with Gasteiger partial charge in [-0.05, 0) is 36.8 Å². The van der Waals surface area contributed by atoms with Crippen LogP contribution in [-0.4, -0.2) is 18.1 Å². The first-order valence-corrected chi connectivity index (χ1v) is 5.78. The Hall–Kier alpha value is -2.56. The minimum atomic E-state index is -0.493. The second-order valence-electron chi connectivity index (χ2n) is 4.12. The minimum Gasteiger partial charge on any atom is -0.464 e. The maximum Gasteiger partial charge on any atom is 0.356 e. The van der Waals surface area contributed by atoms with E-state index >= 15 is 0 Å². The summed E-state index contributed by atoms with van der Waals surface area (Å²) in [6.07, 6.45) is 0. The molecule has 5 heteroatoms. The number of aromatic nitrogens is 1. The van der Waals surface area contributed by atoms with Gasteiger partial charge in [0.05, 0.1) is 12.8 Å². The fraction of sp³-hybridized carbons (Fsp3) is 0.143. The van der Waals surface area contributed by atoms with Crippen molar-refractivity contribution in [2.24, 2.45) is 0 Å². The van der Waals surface area contributed by atoms with Crippen molar-refractivity contribution in [3.63, 3.8) is 0 Å². The number of nitrogens with zero attached hydrogens (tertiary/aromatic N) is 1. The van der Waals surface area contributed by atoms with Crippen LogP contribution in [0, 0.1) is 6.92 Å². The molecule has 0 aliphatic heterocycles. The normalized spacial score (nSPS) is 10.0. The molecule has 98 valence electrons. The number of pyridine rings is 1. The fourth-order valence-corrected chi connectivity index (χ4v) is 1.65. The van der Waals surface area contributed by atoms with Crippen molar-refractivity contribution in [2.75, 3.05) is 18.2 Å². The van der Waals surface area contributed by atoms with Crippen molar-refractivity contribution in [2.45, 2.75) is 6.92 Å². The summed E-state index contributed by atoms with van der Waals surface area (Å²) >= 11 is 0. The van der Waals surface area contributed by atoms with E-state index in [1.807, 2.05) is 31.2 Å². The highest BCUT2D eigenvalue weighted by Crippen LogP contribution is 2.22. The van der Waals surface area contributed by atoms with Crippen molar-refractivity contribution in [1.82, 2.24) is 4.98 Å². The summed E-state index contributed by atoms with van der Waals surface area (Å²) in [5, 5.41) is 3.09. The molecule has 3 N–H and O–H groups in total. The monoisotopic (exact) mass is 257 g/mol. The van der Waals surface area contributed by atoms with Crippen molar-refractivity contribution in [3.8, 4) is 0 Å². The predicted octanol–water partition coefficient (Wildman–Crippen LogP) is 2.50. The lowest BCUT2D eigenvalue weighted by atomic mass is 10.2. The smallest absolute Gasteiger partial charge is 0.356 e. The Morgan fingerprint density at radius 1 is 1.32 bits per heavy atom. The van der Waals surface area contributed by atoms with Crippen LogP contribution >= 0.6 is 0 Å². The van der Waals surface area contributed by atoms with Gasteiger partial charge in [-0.1, -0.05) is 12.1 Å². The number of ether oxygens (including phenoxy) is 1. The number of esters is 1. The van der Waals surface area contributed by atoms with E-state index in [4.69, 9.17) is 5.73 Å². The molecule has 0 amide bonds. The van der Waals surface area contributed by atoms with E-state index in [0.717, 1.165) is 11.3 Å². The number of hydrogen-bond acceptors (Lipinski definition) is 5. The second-order valence-corrected chi connectivity index (χ2v) is 4.12. The Labute approximate surface area is 111 Å². The number of rotatable bonds is 3. The Balaban J connectivity index is 2.31. The topological polar surface area (TPSA) is 77.2 Å². The lowest BCUT2D eigenvalue weighted by molar-refractivity contribution is 0.0594. The number of anilines is 3. The molecule has 2 aromatic rings. The molecule has 0 saturated heterocycles. The van der Waals surface area contributed by atoms with Crippen molar-refractivity contribution < 1.29 is 9.53 Å². The maximum atomic E-state index is 11.4. The first-order chi connectivity index (χ1) is 9.10. The Kier molecular flexibility index (Phi) is 3.66. The largest absolute Gasteiger partial charge is 0.464 e. The van der Waals surface area contributed by atoms with E-state index in [-0.39, 0.29) is 5.69 Å². The molecule has 1 aromatic heterocycles. The number of aryl methyl sites for hydroxylation is 1. The van der Waals surface area contributed by atoms with Gasteiger partial charge in [-0.15, -0.1) is 0 Å². The molecule has 1 heterocycles. The molecule has 1 aromatic carbocycles. The Morgan fingerprint density at radius 2 is 2.11 bits per heavy atom. The molecule has 0 aliphatic carbocycles. The average Bonchev–Trinajstić information content (AvgIpc) is 2.40. The van der Waals surface area contributed by atoms with Gasteiger partial charge in [0.25, 0.3) is 0 Å². The summed E-state index contributed by atoms with van der Waals surface area (Å²) in [6, 6.07) is 10.9. The lowest BCUT2D eigenvalue weighted by Crippen LogP contribution is -2.07. The fourth-order valence-electron chi connectivity index (χ4n) is 1.65. The molecule has 5 nitrogen and oxygen atoms in total. The summed E-state index contributed by atoms with van der Waals surface area (Å²) in [6.45, 7) is 1.99. The van der Waals surface area contributed by atoms with Crippen LogP contribution in [0.1, 0.15) is 16.1 Å². The molecule has 0 unspecified atom stereocenters. The van der Waals surface area contributed by atoms with Crippen LogP contribution < -0.4 is 11.1 Å². The molecule has 0 saturated carbocycles. The van der Waals surface area contributed by atoms with Gasteiger partial charge < -0.3 is 15.8 Å². The van der Waals surface area contributed by atoms with Gasteiger partial charge in [0, 0.05) is 5.69 Å². The van der Waals surface area contributed by atoms with E-state index in [1.54, 1.807) is 6.07 Å². The highest BCUT2D eigenvalue weighted by atomic mass is 16.5. The Bertz CT molecular complexity index is 611. The van der Waals surface area contributed by atoms with Crippen LogP contribution in [-0.2, 0) is 4.74 Å². The number of benzene rings is 1. The van der Waals surface area contributed by atoms with Gasteiger partial charge in [0.1, 0.15) is 0 Å². The second kappa shape index (κ2) is 5.39. The number of nitrogens with one attached hydrogen (secondary N) is 1. The van der Waals surface area contributed by atoms with Gasteiger partial charge in [-0.2, -0.15) is 0 Å². The molecule has 19 heavy (non-hydrogen) atoms. The highest BCUT2D eigenvalue weighted by Gasteiger charge is 2.10. The quantitative estimate of drug-likeness (QED) is 0.826. The standard InChI is InChI=1S/C14H15N3O2/c1-9-4-3-5-10(8-9)16-13-11(15)6-7-12(17-13)14(18)19-2/h3-8H,15H2,1-2H3,(H,16,17). The Morgan fingerprint density at radius 3 is 2.79 bits per heavy atom. The van der Waals surface area contributed by atoms with Crippen LogP contribution in [0.25, 0.3) is 0 Å². The summed E-state index contributed by atoms with van der Waals surface area (Å²) in [5.74, 6) is -0.0548. The molecule has 0 bridgehead atoms. The zero-order valence-corrected chi connectivity index (χ0v) is 10.8. The minimum absolute atomic E-state index is 0.215. The number of methoxy groups -OCH3 is 1. The highest BCUT2D eigenvalue weighted by molar-refractivity contribution is 5.88. The van der Waals surface area contributed by atoms with Crippen LogP contribution in [0.3, 0.4) is 0 Å². The maximum absolute atomic E-state index is 11.4. The van der Waals surface area contributed by atoms with E-state index in [2.05, 4.69) is 15.0 Å².